The van der Waals surface area contributed by atoms with Gasteiger partial charge in [0.2, 0.25) is 5.91 Å². The summed E-state index contributed by atoms with van der Waals surface area (Å²) in [5.41, 5.74) is 2.65. The van der Waals surface area contributed by atoms with Gasteiger partial charge in [0.1, 0.15) is 17.7 Å². The second kappa shape index (κ2) is 12.7. The zero-order chi connectivity index (χ0) is 28.8. The molecule has 2 aromatic carbocycles. The number of nitrogens with zero attached hydrogens (tertiary/aromatic N) is 1. The lowest BCUT2D eigenvalue weighted by Gasteiger charge is -2.45. The first-order valence-corrected chi connectivity index (χ1v) is 13.6. The van der Waals surface area contributed by atoms with Crippen molar-refractivity contribution in [1.29, 1.82) is 0 Å². The summed E-state index contributed by atoms with van der Waals surface area (Å²) in [5, 5.41) is 5.73. The Balaban J connectivity index is 2.67. The number of amides is 3. The van der Waals surface area contributed by atoms with E-state index in [1.54, 1.807) is 25.7 Å². The third kappa shape index (κ3) is 7.76. The molecule has 0 bridgehead atoms. The van der Waals surface area contributed by atoms with E-state index in [-0.39, 0.29) is 11.7 Å². The van der Waals surface area contributed by atoms with Crippen molar-refractivity contribution in [3.63, 3.8) is 0 Å². The average molecular weight is 542 g/mol. The van der Waals surface area contributed by atoms with Gasteiger partial charge in [-0.2, -0.15) is 12.6 Å². The largest absolute Gasteiger partial charge is 0.444 e. The maximum atomic E-state index is 14.3. The smallest absolute Gasteiger partial charge is 0.408 e. The molecular weight excluding hydrogens is 498 g/mol. The SMILES string of the molecule is CCC(C)(C)N(C(=O)C(CS)NC(=O)OC(C)(C)C)C(C(=O)Nc1ccccc1C)c1c(C)cccc1C. The van der Waals surface area contributed by atoms with Crippen LogP contribution in [0.1, 0.15) is 76.3 Å². The molecule has 0 saturated carbocycles. The fourth-order valence-electron chi connectivity index (χ4n) is 4.30. The van der Waals surface area contributed by atoms with Crippen molar-refractivity contribution in [2.45, 2.75) is 92.0 Å². The molecule has 0 radical (unpaired) electrons. The number of hydrogen-bond acceptors (Lipinski definition) is 5. The third-order valence-electron chi connectivity index (χ3n) is 6.65. The number of thiol groups is 1. The van der Waals surface area contributed by atoms with Crippen LogP contribution < -0.4 is 10.6 Å². The van der Waals surface area contributed by atoms with Crippen LogP contribution in [-0.2, 0) is 14.3 Å². The van der Waals surface area contributed by atoms with E-state index in [1.807, 2.05) is 84.0 Å². The van der Waals surface area contributed by atoms with Crippen LogP contribution in [0, 0.1) is 20.8 Å². The number of carbonyl (C=O) groups is 3. The van der Waals surface area contributed by atoms with Crippen LogP contribution in [0.3, 0.4) is 0 Å². The highest BCUT2D eigenvalue weighted by Gasteiger charge is 2.43. The Hall–Kier alpha value is -3.00. The van der Waals surface area contributed by atoms with E-state index in [0.29, 0.717) is 12.1 Å². The monoisotopic (exact) mass is 541 g/mol. The summed E-state index contributed by atoms with van der Waals surface area (Å²) in [6, 6.07) is 11.4. The molecule has 7 nitrogen and oxygen atoms in total. The number of nitrogens with one attached hydrogen (secondary N) is 2. The number of benzene rings is 2. The molecule has 2 unspecified atom stereocenters. The van der Waals surface area contributed by atoms with Gasteiger partial charge in [0.05, 0.1) is 0 Å². The van der Waals surface area contributed by atoms with Crippen molar-refractivity contribution in [3.05, 3.63) is 64.7 Å². The summed E-state index contributed by atoms with van der Waals surface area (Å²) < 4.78 is 5.40. The second-order valence-electron chi connectivity index (χ2n) is 11.3. The van der Waals surface area contributed by atoms with Gasteiger partial charge in [-0.05, 0) is 90.1 Å². The number of ether oxygens (including phenoxy) is 1. The van der Waals surface area contributed by atoms with Crippen molar-refractivity contribution in [1.82, 2.24) is 10.2 Å². The second-order valence-corrected chi connectivity index (χ2v) is 11.6. The number of aryl methyl sites for hydroxylation is 3. The maximum Gasteiger partial charge on any atom is 0.408 e. The normalized spacial score (nSPS) is 13.3. The molecule has 8 heteroatoms. The lowest BCUT2D eigenvalue weighted by Crippen LogP contribution is -2.59. The quantitative estimate of drug-likeness (QED) is 0.333. The number of anilines is 1. The highest BCUT2D eigenvalue weighted by molar-refractivity contribution is 7.80. The van der Waals surface area contributed by atoms with E-state index >= 15 is 0 Å². The lowest BCUT2D eigenvalue weighted by molar-refractivity contribution is -0.147. The number of para-hydroxylation sites is 1. The first-order chi connectivity index (χ1) is 17.6. The summed E-state index contributed by atoms with van der Waals surface area (Å²) in [4.78, 5) is 42.7. The van der Waals surface area contributed by atoms with Gasteiger partial charge in [0, 0.05) is 17.0 Å². The van der Waals surface area contributed by atoms with Crippen LogP contribution in [0.25, 0.3) is 0 Å². The van der Waals surface area contributed by atoms with E-state index in [0.717, 1.165) is 22.3 Å². The van der Waals surface area contributed by atoms with Gasteiger partial charge < -0.3 is 20.3 Å². The minimum absolute atomic E-state index is 0.0350. The summed E-state index contributed by atoms with van der Waals surface area (Å²) in [5.74, 6) is -0.708. The standard InChI is InChI=1S/C30H43N3O4S/c1-10-30(8,9)33(27(35)23(18-38)32-28(36)37-29(5,6)7)25(24-20(3)15-13-16-21(24)4)26(34)31-22-17-12-11-14-19(22)2/h11-17,23,25,38H,10,18H2,1-9H3,(H,31,34)(H,32,36). The fourth-order valence-corrected chi connectivity index (χ4v) is 4.55. The summed E-state index contributed by atoms with van der Waals surface area (Å²) in [6.45, 7) is 16.9. The van der Waals surface area contributed by atoms with E-state index in [4.69, 9.17) is 4.74 Å². The van der Waals surface area contributed by atoms with Crippen LogP contribution in [0.4, 0.5) is 10.5 Å². The zero-order valence-electron chi connectivity index (χ0n) is 24.1. The summed E-state index contributed by atoms with van der Waals surface area (Å²) >= 11 is 4.38. The van der Waals surface area contributed by atoms with Crippen LogP contribution in [0.15, 0.2) is 42.5 Å². The number of hydrogen-bond donors (Lipinski definition) is 3. The molecule has 0 saturated heterocycles. The van der Waals surface area contributed by atoms with E-state index < -0.39 is 35.2 Å². The Bertz CT molecular complexity index is 1140. The molecule has 0 aromatic heterocycles. The Kier molecular flexibility index (Phi) is 10.4. The van der Waals surface area contributed by atoms with Gasteiger partial charge >= 0.3 is 6.09 Å². The van der Waals surface area contributed by atoms with Crippen molar-refractivity contribution in [2.75, 3.05) is 11.1 Å². The Labute approximate surface area is 233 Å². The van der Waals surface area contributed by atoms with E-state index in [9.17, 15) is 14.4 Å². The molecule has 2 atom stereocenters. The number of carbonyl (C=O) groups excluding carboxylic acids is 3. The number of alkyl carbamates (subject to hydrolysis) is 1. The van der Waals surface area contributed by atoms with Gasteiger partial charge in [0.15, 0.2) is 0 Å². The molecule has 0 spiro atoms. The molecule has 0 aliphatic rings. The van der Waals surface area contributed by atoms with Crippen molar-refractivity contribution in [2.24, 2.45) is 0 Å². The highest BCUT2D eigenvalue weighted by atomic mass is 32.1. The van der Waals surface area contributed by atoms with Crippen LogP contribution in [-0.4, -0.2) is 45.7 Å². The molecule has 2 rings (SSSR count). The first kappa shape index (κ1) is 31.2. The van der Waals surface area contributed by atoms with Crippen LogP contribution >= 0.6 is 12.6 Å². The zero-order valence-corrected chi connectivity index (χ0v) is 25.0. The molecule has 208 valence electrons. The van der Waals surface area contributed by atoms with Gasteiger partial charge in [-0.25, -0.2) is 4.79 Å². The van der Waals surface area contributed by atoms with Crippen LogP contribution in [0.2, 0.25) is 0 Å². The van der Waals surface area contributed by atoms with Gasteiger partial charge in [-0.1, -0.05) is 43.3 Å². The first-order valence-electron chi connectivity index (χ1n) is 13.0. The van der Waals surface area contributed by atoms with Gasteiger partial charge in [0.25, 0.3) is 5.91 Å². The molecule has 38 heavy (non-hydrogen) atoms. The average Bonchev–Trinajstić information content (AvgIpc) is 2.81. The fraction of sp³-hybridized carbons (Fsp3) is 0.500. The molecule has 0 heterocycles. The highest BCUT2D eigenvalue weighted by Crippen LogP contribution is 2.36. The Morgan fingerprint density at radius 2 is 1.47 bits per heavy atom. The van der Waals surface area contributed by atoms with E-state index in [2.05, 4.69) is 23.3 Å². The Morgan fingerprint density at radius 1 is 0.921 bits per heavy atom. The summed E-state index contributed by atoms with van der Waals surface area (Å²) in [6.07, 6.45) is -0.143. The molecule has 0 aliphatic heterocycles. The van der Waals surface area contributed by atoms with Gasteiger partial charge in [-0.15, -0.1) is 0 Å². The molecule has 3 amide bonds. The van der Waals surface area contributed by atoms with Crippen molar-refractivity contribution < 1.29 is 19.1 Å². The molecule has 0 fully saturated rings. The van der Waals surface area contributed by atoms with Crippen molar-refractivity contribution >= 4 is 36.2 Å². The third-order valence-corrected chi connectivity index (χ3v) is 7.02. The molecule has 0 aliphatic carbocycles. The topological polar surface area (TPSA) is 87.7 Å². The maximum absolute atomic E-state index is 14.3. The lowest BCUT2D eigenvalue weighted by atomic mass is 9.88. The molecular formula is C30H43N3O4S. The predicted octanol–water partition coefficient (Wildman–Crippen LogP) is 6.13. The molecule has 2 aromatic rings. The summed E-state index contributed by atoms with van der Waals surface area (Å²) in [7, 11) is 0. The minimum Gasteiger partial charge on any atom is -0.444 e. The number of rotatable bonds is 9. The van der Waals surface area contributed by atoms with E-state index in [1.165, 1.54) is 0 Å². The minimum atomic E-state index is -1.00. The van der Waals surface area contributed by atoms with Gasteiger partial charge in [-0.3, -0.25) is 9.59 Å². The molecule has 2 N–H and O–H groups in total. The Morgan fingerprint density at radius 3 is 1.97 bits per heavy atom. The predicted molar refractivity (Wildman–Crippen MR) is 157 cm³/mol. The van der Waals surface area contributed by atoms with Crippen LogP contribution in [0.5, 0.6) is 0 Å². The van der Waals surface area contributed by atoms with Crippen molar-refractivity contribution in [3.8, 4) is 0 Å².